The van der Waals surface area contributed by atoms with Crippen molar-refractivity contribution in [2.75, 3.05) is 32.6 Å². The van der Waals surface area contributed by atoms with E-state index in [9.17, 15) is 20.1 Å². The van der Waals surface area contributed by atoms with Crippen LogP contribution in [0.15, 0.2) is 34.3 Å². The summed E-state index contributed by atoms with van der Waals surface area (Å²) in [5, 5.41) is 38.4. The molecule has 3 saturated carbocycles. The van der Waals surface area contributed by atoms with E-state index in [0.717, 1.165) is 87.6 Å². The van der Waals surface area contributed by atoms with E-state index in [4.69, 9.17) is 10.7 Å². The lowest BCUT2D eigenvalue weighted by Gasteiger charge is -2.57. The summed E-state index contributed by atoms with van der Waals surface area (Å²) in [5.74, 6) is 3.28. The van der Waals surface area contributed by atoms with E-state index in [1.54, 1.807) is 0 Å². The molecule has 0 saturated heterocycles. The fourth-order valence-electron chi connectivity index (χ4n) is 12.0. The van der Waals surface area contributed by atoms with E-state index < -0.39 is 0 Å². The van der Waals surface area contributed by atoms with Gasteiger partial charge in [0.15, 0.2) is 11.7 Å². The first kappa shape index (κ1) is 34.9. The Morgan fingerprint density at radius 2 is 2.04 bits per heavy atom. The lowest BCUT2D eigenvalue weighted by atomic mass is 9.47. The Morgan fingerprint density at radius 1 is 1.19 bits per heavy atom. The number of nitrogens with one attached hydrogen (secondary N) is 2. The van der Waals surface area contributed by atoms with Crippen LogP contribution < -0.4 is 16.4 Å². The number of allylic oxidation sites excluding steroid dienone is 2. The molecule has 7 N–H and O–H groups in total. The molecule has 0 unspecified atom stereocenters. The topological polar surface area (TPSA) is 140 Å². The van der Waals surface area contributed by atoms with Gasteiger partial charge < -0.3 is 31.7 Å². The first-order valence-electron chi connectivity index (χ1n) is 18.5. The third-order valence-corrected chi connectivity index (χ3v) is 17.1. The summed E-state index contributed by atoms with van der Waals surface area (Å²) in [7, 11) is 6.02. The van der Waals surface area contributed by atoms with Gasteiger partial charge in [0.25, 0.3) is 0 Å². The van der Waals surface area contributed by atoms with Gasteiger partial charge >= 0.3 is 0 Å². The highest BCUT2D eigenvalue weighted by atomic mass is 33.1. The van der Waals surface area contributed by atoms with Gasteiger partial charge in [0, 0.05) is 55.1 Å². The van der Waals surface area contributed by atoms with Crippen LogP contribution >= 0.6 is 21.6 Å². The molecule has 10 heteroatoms. The molecule has 9 atom stereocenters. The van der Waals surface area contributed by atoms with Crippen LogP contribution in [-0.4, -0.2) is 70.4 Å². The molecule has 8 nitrogen and oxygen atoms in total. The Morgan fingerprint density at radius 3 is 2.81 bits per heavy atom. The number of aliphatic hydroxyl groups excluding tert-OH is 3. The van der Waals surface area contributed by atoms with Crippen molar-refractivity contribution in [2.45, 2.75) is 107 Å². The predicted octanol–water partition coefficient (Wildman–Crippen LogP) is 5.06. The van der Waals surface area contributed by atoms with Gasteiger partial charge in [-0.25, -0.2) is 0 Å². The van der Waals surface area contributed by atoms with Crippen LogP contribution in [-0.2, 0) is 17.9 Å². The van der Waals surface area contributed by atoms with Gasteiger partial charge in [0.05, 0.1) is 12.1 Å². The standard InChI is InChI=1S/C38H56N4O4S2/c1-36-12-14-47-48-34-10-9-27(29-15-23(19-40-2)7-8-24(29)21-44)32-20-41-35(39)42-38(32,34)11-3-5-28-31-17-26(36)16-25(22-45)30(6-4-13-43)37(31,36)18-33(28)46/h7-8,15,25-27,30,32,34,40,43-45H,3-6,9-14,16-22H2,1-2H3,(H3,39,41,42)/t25-,26-,27-,30-,32-,34-,36+,37+,38-/m1/s1. The largest absolute Gasteiger partial charge is 0.396 e. The minimum absolute atomic E-state index is 0.0181. The van der Waals surface area contributed by atoms with Crippen molar-refractivity contribution in [1.82, 2.24) is 10.6 Å². The van der Waals surface area contributed by atoms with Gasteiger partial charge in [-0.05, 0) is 123 Å². The molecule has 0 amide bonds. The number of ketones is 1. The van der Waals surface area contributed by atoms with E-state index >= 15 is 0 Å². The molecule has 2 aliphatic heterocycles. The lowest BCUT2D eigenvalue weighted by molar-refractivity contribution is -0.125. The van der Waals surface area contributed by atoms with Gasteiger partial charge in [-0.15, -0.1) is 0 Å². The maximum absolute atomic E-state index is 14.2. The quantitative estimate of drug-likeness (QED) is 0.206. The average molecular weight is 697 g/mol. The normalized spacial score (nSPS) is 39.4. The Kier molecular flexibility index (Phi) is 10.1. The molecule has 7 rings (SSSR count). The molecule has 1 aromatic carbocycles. The molecule has 2 heterocycles. The minimum atomic E-state index is -0.263. The van der Waals surface area contributed by atoms with Crippen LogP contribution in [0.25, 0.3) is 0 Å². The summed E-state index contributed by atoms with van der Waals surface area (Å²) in [4.78, 5) is 19.0. The molecule has 3 fully saturated rings. The van der Waals surface area contributed by atoms with E-state index in [2.05, 4.69) is 35.8 Å². The number of carbonyl (C=O) groups excluding carboxylic acids is 1. The van der Waals surface area contributed by atoms with Crippen LogP contribution in [0.5, 0.6) is 0 Å². The number of guanidine groups is 1. The molecule has 264 valence electrons. The fraction of sp³-hybridized carbons (Fsp3) is 0.737. The molecule has 6 aliphatic rings. The third kappa shape index (κ3) is 5.42. The van der Waals surface area contributed by atoms with Gasteiger partial charge in [-0.2, -0.15) is 0 Å². The SMILES string of the molecule is CNCc1ccc(CO)c([C@H]2CC[C@H]3SSCC[C@@]4(C)[C@H]5CC6=C(CCC[C@]37NC(N)=NC[C@H]27)C(=O)C[C@]64[C@H](CCCO)[C@@H](CO)C5)c1. The van der Waals surface area contributed by atoms with Crippen molar-refractivity contribution in [3.63, 3.8) is 0 Å². The number of aliphatic imine (C=N–C) groups is 1. The zero-order valence-electron chi connectivity index (χ0n) is 28.8. The molecule has 5 bridgehead atoms. The summed E-state index contributed by atoms with van der Waals surface area (Å²) < 4.78 is 0. The molecule has 0 aromatic heterocycles. The first-order valence-corrected chi connectivity index (χ1v) is 20.9. The maximum atomic E-state index is 14.2. The molecule has 1 aromatic rings. The highest BCUT2D eigenvalue weighted by Gasteiger charge is 2.69. The average Bonchev–Trinajstić information content (AvgIpc) is 3.41. The van der Waals surface area contributed by atoms with Crippen LogP contribution in [0.1, 0.15) is 100 Å². The zero-order chi connectivity index (χ0) is 33.7. The fourth-order valence-corrected chi connectivity index (χ4v) is 15.3. The van der Waals surface area contributed by atoms with Crippen molar-refractivity contribution in [3.8, 4) is 0 Å². The highest BCUT2D eigenvalue weighted by molar-refractivity contribution is 8.77. The zero-order valence-corrected chi connectivity index (χ0v) is 30.4. The molecule has 0 radical (unpaired) electrons. The number of Topliss-reactive ketones (excluding diaryl/α,β-unsaturated/α-hetero) is 1. The van der Waals surface area contributed by atoms with Crippen molar-refractivity contribution in [3.05, 3.63) is 46.0 Å². The minimum Gasteiger partial charge on any atom is -0.396 e. The van der Waals surface area contributed by atoms with Gasteiger partial charge in [-0.1, -0.05) is 52.3 Å². The maximum Gasteiger partial charge on any atom is 0.189 e. The Hall–Kier alpha value is -1.56. The van der Waals surface area contributed by atoms with Gasteiger partial charge in [0.1, 0.15) is 0 Å². The summed E-state index contributed by atoms with van der Waals surface area (Å²) in [5.41, 5.74) is 12.1. The van der Waals surface area contributed by atoms with Crippen LogP contribution in [0.4, 0.5) is 0 Å². The first-order chi connectivity index (χ1) is 23.3. The number of rotatable bonds is 8. The molecule has 48 heavy (non-hydrogen) atoms. The number of benzene rings is 1. The summed E-state index contributed by atoms with van der Waals surface area (Å²) in [6.45, 7) is 4.28. The van der Waals surface area contributed by atoms with E-state index in [1.165, 1.54) is 16.7 Å². The Labute approximate surface area is 294 Å². The predicted molar refractivity (Wildman–Crippen MR) is 196 cm³/mol. The molecular weight excluding hydrogens is 641 g/mol. The van der Waals surface area contributed by atoms with Crippen molar-refractivity contribution in [1.29, 1.82) is 0 Å². The second kappa shape index (κ2) is 13.9. The van der Waals surface area contributed by atoms with Crippen LogP contribution in [0.2, 0.25) is 0 Å². The Balaban J connectivity index is 1.26. The number of hydrogen-bond acceptors (Lipinski definition) is 10. The number of carbonyl (C=O) groups is 1. The smallest absolute Gasteiger partial charge is 0.189 e. The third-order valence-electron chi connectivity index (χ3n) is 14.1. The number of nitrogens with zero attached hydrogens (tertiary/aromatic N) is 1. The molecule has 4 aliphatic carbocycles. The summed E-state index contributed by atoms with van der Waals surface area (Å²) >= 11 is 0. The lowest BCUT2D eigenvalue weighted by Crippen LogP contribution is -2.67. The number of hydrogen-bond donors (Lipinski definition) is 6. The van der Waals surface area contributed by atoms with Crippen molar-refractivity contribution < 1.29 is 20.1 Å². The van der Waals surface area contributed by atoms with Crippen molar-refractivity contribution >= 4 is 33.3 Å². The molecular formula is C38H56N4O4S2. The van der Waals surface area contributed by atoms with Crippen LogP contribution in [0.3, 0.4) is 0 Å². The van der Waals surface area contributed by atoms with Crippen molar-refractivity contribution in [2.24, 2.45) is 45.2 Å². The summed E-state index contributed by atoms with van der Waals surface area (Å²) in [6, 6.07) is 6.52. The van der Waals surface area contributed by atoms with E-state index in [1.807, 2.05) is 28.6 Å². The van der Waals surface area contributed by atoms with Gasteiger partial charge in [0.2, 0.25) is 0 Å². The van der Waals surface area contributed by atoms with E-state index in [0.29, 0.717) is 35.9 Å². The van der Waals surface area contributed by atoms with Crippen LogP contribution in [0, 0.1) is 34.5 Å². The highest BCUT2D eigenvalue weighted by Crippen LogP contribution is 2.75. The summed E-state index contributed by atoms with van der Waals surface area (Å²) in [6.07, 6.45) is 9.97. The number of aliphatic hydroxyl groups is 3. The number of nitrogens with two attached hydrogens (primary N) is 1. The monoisotopic (exact) mass is 696 g/mol. The van der Waals surface area contributed by atoms with Gasteiger partial charge in [-0.3, -0.25) is 9.79 Å². The second-order valence-corrected chi connectivity index (χ2v) is 18.6. The Bertz CT molecular complexity index is 1450. The second-order valence-electron chi connectivity index (χ2n) is 15.9. The molecule has 2 spiro atoms. The van der Waals surface area contributed by atoms with E-state index in [-0.39, 0.29) is 59.9 Å².